The average Bonchev–Trinajstić information content (AvgIpc) is 2.78. The first-order valence-corrected chi connectivity index (χ1v) is 10.3. The fourth-order valence-electron chi connectivity index (χ4n) is 3.32. The highest BCUT2D eigenvalue weighted by atomic mass is 16.5. The molecule has 0 saturated heterocycles. The summed E-state index contributed by atoms with van der Waals surface area (Å²) in [5.74, 6) is 0.741. The number of ether oxygens (including phenoxy) is 1. The molecule has 30 heavy (non-hydrogen) atoms. The van der Waals surface area contributed by atoms with Crippen LogP contribution >= 0.6 is 0 Å². The summed E-state index contributed by atoms with van der Waals surface area (Å²) in [4.78, 5) is 2.12. The van der Waals surface area contributed by atoms with E-state index in [0.717, 1.165) is 33.9 Å². The van der Waals surface area contributed by atoms with Crippen molar-refractivity contribution < 1.29 is 20.1 Å². The van der Waals surface area contributed by atoms with E-state index in [1.54, 1.807) is 0 Å². The van der Waals surface area contributed by atoms with Gasteiger partial charge in [0.05, 0.1) is 12.3 Å². The number of benzene rings is 3. The second-order valence-electron chi connectivity index (χ2n) is 7.01. The van der Waals surface area contributed by atoms with Crippen LogP contribution in [0.15, 0.2) is 72.8 Å². The summed E-state index contributed by atoms with van der Waals surface area (Å²) in [6.07, 6.45) is 1.81. The lowest BCUT2D eigenvalue weighted by Gasteiger charge is -2.27. The smallest absolute Gasteiger partial charge is 0.143 e. The number of hydrogen-bond donors (Lipinski definition) is 3. The monoisotopic (exact) mass is 407 g/mol. The van der Waals surface area contributed by atoms with E-state index in [4.69, 9.17) is 9.84 Å². The van der Waals surface area contributed by atoms with E-state index in [2.05, 4.69) is 4.90 Å². The summed E-state index contributed by atoms with van der Waals surface area (Å²) < 4.78 is 5.96. The highest BCUT2D eigenvalue weighted by Crippen LogP contribution is 2.40. The summed E-state index contributed by atoms with van der Waals surface area (Å²) in [5, 5.41) is 27.5. The van der Waals surface area contributed by atoms with E-state index < -0.39 is 0 Å². The van der Waals surface area contributed by atoms with Gasteiger partial charge in [0.1, 0.15) is 5.75 Å². The predicted molar refractivity (Wildman–Crippen MR) is 120 cm³/mol. The molecular formula is C25H29NO4. The SMILES string of the molecule is OCCCOc1ccccc1N(c1ccc(CCO)cc1)c1ccc(CCO)cc1. The summed E-state index contributed by atoms with van der Waals surface area (Å²) in [5.41, 5.74) is 5.01. The van der Waals surface area contributed by atoms with Crippen LogP contribution in [0.5, 0.6) is 5.75 Å². The summed E-state index contributed by atoms with van der Waals surface area (Å²) in [7, 11) is 0. The third-order valence-corrected chi connectivity index (χ3v) is 4.86. The molecule has 3 aromatic rings. The Morgan fingerprint density at radius 3 is 1.67 bits per heavy atom. The molecule has 0 spiro atoms. The van der Waals surface area contributed by atoms with Gasteiger partial charge in [0.25, 0.3) is 0 Å². The van der Waals surface area contributed by atoms with Gasteiger partial charge in [-0.2, -0.15) is 0 Å². The topological polar surface area (TPSA) is 73.2 Å². The molecule has 3 aromatic carbocycles. The number of aliphatic hydroxyl groups excluding tert-OH is 3. The fourth-order valence-corrected chi connectivity index (χ4v) is 3.32. The Labute approximate surface area is 177 Å². The van der Waals surface area contributed by atoms with Gasteiger partial charge < -0.3 is 25.0 Å². The van der Waals surface area contributed by atoms with Crippen LogP contribution in [0.25, 0.3) is 0 Å². The van der Waals surface area contributed by atoms with Gasteiger partial charge in [0.2, 0.25) is 0 Å². The minimum absolute atomic E-state index is 0.0878. The largest absolute Gasteiger partial charge is 0.491 e. The Bertz CT molecular complexity index is 844. The van der Waals surface area contributed by atoms with Gasteiger partial charge in [-0.05, 0) is 60.4 Å². The Morgan fingerprint density at radius 1 is 0.633 bits per heavy atom. The van der Waals surface area contributed by atoms with Crippen LogP contribution in [-0.4, -0.2) is 41.7 Å². The number of aliphatic hydroxyl groups is 3. The third-order valence-electron chi connectivity index (χ3n) is 4.86. The zero-order valence-corrected chi connectivity index (χ0v) is 17.1. The molecule has 0 aliphatic heterocycles. The van der Waals surface area contributed by atoms with E-state index >= 15 is 0 Å². The molecule has 158 valence electrons. The third kappa shape index (κ3) is 5.60. The van der Waals surface area contributed by atoms with Crippen molar-refractivity contribution in [1.29, 1.82) is 0 Å². The standard InChI is InChI=1S/C25H29NO4/c27-16-3-19-30-25-5-2-1-4-24(25)26(22-10-6-20(7-11-22)14-17-28)23-12-8-21(9-13-23)15-18-29/h1-2,4-13,27-29H,3,14-19H2. The van der Waals surface area contributed by atoms with Crippen molar-refractivity contribution in [2.24, 2.45) is 0 Å². The number of nitrogens with zero attached hydrogens (tertiary/aromatic N) is 1. The molecular weight excluding hydrogens is 378 g/mol. The van der Waals surface area contributed by atoms with E-state index in [1.807, 2.05) is 72.8 Å². The lowest BCUT2D eigenvalue weighted by Crippen LogP contribution is -2.12. The zero-order valence-electron chi connectivity index (χ0n) is 17.1. The molecule has 3 N–H and O–H groups in total. The molecule has 0 aromatic heterocycles. The van der Waals surface area contributed by atoms with Crippen LogP contribution in [0.2, 0.25) is 0 Å². The van der Waals surface area contributed by atoms with Crippen molar-refractivity contribution in [1.82, 2.24) is 0 Å². The van der Waals surface area contributed by atoms with E-state index in [1.165, 1.54) is 0 Å². The van der Waals surface area contributed by atoms with Crippen molar-refractivity contribution in [2.75, 3.05) is 31.3 Å². The lowest BCUT2D eigenvalue weighted by molar-refractivity contribution is 0.234. The van der Waals surface area contributed by atoms with Gasteiger partial charge >= 0.3 is 0 Å². The first-order chi connectivity index (χ1) is 14.8. The molecule has 0 amide bonds. The van der Waals surface area contributed by atoms with Gasteiger partial charge in [0.15, 0.2) is 0 Å². The predicted octanol–water partition coefficient (Wildman–Crippen LogP) is 3.99. The maximum atomic E-state index is 9.20. The second-order valence-corrected chi connectivity index (χ2v) is 7.01. The average molecular weight is 408 g/mol. The van der Waals surface area contributed by atoms with E-state index in [0.29, 0.717) is 25.9 Å². The summed E-state index contributed by atoms with van der Waals surface area (Å²) in [6.45, 7) is 0.768. The number of anilines is 3. The highest BCUT2D eigenvalue weighted by molar-refractivity contribution is 5.80. The molecule has 0 aliphatic rings. The van der Waals surface area contributed by atoms with Crippen LogP contribution in [0.4, 0.5) is 17.1 Å². The second kappa shape index (κ2) is 11.4. The molecule has 0 atom stereocenters. The van der Waals surface area contributed by atoms with Gasteiger partial charge in [-0.25, -0.2) is 0 Å². The van der Waals surface area contributed by atoms with Crippen LogP contribution in [0.3, 0.4) is 0 Å². The van der Waals surface area contributed by atoms with Crippen LogP contribution in [0.1, 0.15) is 17.5 Å². The van der Waals surface area contributed by atoms with Crippen molar-refractivity contribution in [3.05, 3.63) is 83.9 Å². The number of hydrogen-bond acceptors (Lipinski definition) is 5. The molecule has 5 heteroatoms. The fraction of sp³-hybridized carbons (Fsp3) is 0.280. The van der Waals surface area contributed by atoms with E-state index in [9.17, 15) is 10.2 Å². The number of rotatable bonds is 11. The van der Waals surface area contributed by atoms with E-state index in [-0.39, 0.29) is 19.8 Å². The lowest BCUT2D eigenvalue weighted by atomic mass is 10.1. The maximum Gasteiger partial charge on any atom is 0.143 e. The Balaban J connectivity index is 2.01. The first kappa shape index (κ1) is 21.8. The molecule has 5 nitrogen and oxygen atoms in total. The van der Waals surface area contributed by atoms with Crippen molar-refractivity contribution in [3.8, 4) is 5.75 Å². The molecule has 3 rings (SSSR count). The quantitative estimate of drug-likeness (QED) is 0.419. The Kier molecular flexibility index (Phi) is 8.27. The highest BCUT2D eigenvalue weighted by Gasteiger charge is 2.17. The van der Waals surface area contributed by atoms with Crippen molar-refractivity contribution >= 4 is 17.1 Å². The Hall–Kier alpha value is -2.86. The van der Waals surface area contributed by atoms with Crippen molar-refractivity contribution in [3.63, 3.8) is 0 Å². The molecule has 0 unspecified atom stereocenters. The first-order valence-electron chi connectivity index (χ1n) is 10.3. The zero-order chi connectivity index (χ0) is 21.2. The molecule has 0 bridgehead atoms. The van der Waals surface area contributed by atoms with Gasteiger partial charge in [-0.15, -0.1) is 0 Å². The number of para-hydroxylation sites is 2. The van der Waals surface area contributed by atoms with Gasteiger partial charge in [0, 0.05) is 37.6 Å². The summed E-state index contributed by atoms with van der Waals surface area (Å²) >= 11 is 0. The molecule has 0 fully saturated rings. The minimum Gasteiger partial charge on any atom is -0.491 e. The van der Waals surface area contributed by atoms with Gasteiger partial charge in [-0.3, -0.25) is 0 Å². The maximum absolute atomic E-state index is 9.20. The summed E-state index contributed by atoms with van der Waals surface area (Å²) in [6, 6.07) is 24.1. The van der Waals surface area contributed by atoms with Crippen molar-refractivity contribution in [2.45, 2.75) is 19.3 Å². The molecule has 0 radical (unpaired) electrons. The van der Waals surface area contributed by atoms with Crippen LogP contribution in [-0.2, 0) is 12.8 Å². The van der Waals surface area contributed by atoms with Crippen LogP contribution in [0, 0.1) is 0 Å². The molecule has 0 saturated carbocycles. The molecule has 0 aliphatic carbocycles. The molecule has 0 heterocycles. The van der Waals surface area contributed by atoms with Crippen LogP contribution < -0.4 is 9.64 Å². The normalized spacial score (nSPS) is 10.8. The van der Waals surface area contributed by atoms with Gasteiger partial charge in [-0.1, -0.05) is 36.4 Å². The minimum atomic E-state index is 0.0878. The Morgan fingerprint density at radius 2 is 1.17 bits per heavy atom.